The highest BCUT2D eigenvalue weighted by molar-refractivity contribution is 7.25. The Morgan fingerprint density at radius 3 is 1.88 bits per heavy atom. The molecule has 0 spiro atoms. The molecule has 6 aromatic carbocycles. The van der Waals surface area contributed by atoms with E-state index in [1.54, 1.807) is 6.20 Å². The molecular formula is C48H33N3S. The topological polar surface area (TPSA) is 38.7 Å². The van der Waals surface area contributed by atoms with Crippen molar-refractivity contribution in [2.45, 2.75) is 19.3 Å². The van der Waals surface area contributed by atoms with Gasteiger partial charge in [-0.05, 0) is 80.9 Å². The Balaban J connectivity index is 1.06. The van der Waals surface area contributed by atoms with Crippen LogP contribution in [0.25, 0.3) is 87.5 Å². The first-order valence-electron chi connectivity index (χ1n) is 17.7. The Hall–Kier alpha value is -6.23. The summed E-state index contributed by atoms with van der Waals surface area (Å²) in [6.45, 7) is 4.67. The predicted octanol–water partition coefficient (Wildman–Crippen LogP) is 12.9. The molecule has 0 atom stereocenters. The molecule has 0 radical (unpaired) electrons. The second-order valence-corrected chi connectivity index (χ2v) is 15.2. The number of aromatic nitrogens is 3. The molecule has 0 amide bonds. The van der Waals surface area contributed by atoms with Gasteiger partial charge in [0.2, 0.25) is 0 Å². The monoisotopic (exact) mass is 683 g/mol. The van der Waals surface area contributed by atoms with Crippen LogP contribution in [0.15, 0.2) is 164 Å². The Morgan fingerprint density at radius 1 is 0.442 bits per heavy atom. The molecule has 0 bridgehead atoms. The molecule has 4 heteroatoms. The molecule has 0 N–H and O–H groups in total. The minimum atomic E-state index is -0.0376. The minimum Gasteiger partial charge on any atom is -0.264 e. The van der Waals surface area contributed by atoms with Gasteiger partial charge in [-0.3, -0.25) is 4.98 Å². The number of fused-ring (bicyclic) bond motifs is 6. The van der Waals surface area contributed by atoms with Gasteiger partial charge in [0.25, 0.3) is 0 Å². The molecular weight excluding hydrogens is 651 g/mol. The summed E-state index contributed by atoms with van der Waals surface area (Å²) in [5.41, 5.74) is 14.9. The van der Waals surface area contributed by atoms with Crippen molar-refractivity contribution in [3.05, 3.63) is 175 Å². The Bertz CT molecular complexity index is 2800. The third-order valence-electron chi connectivity index (χ3n) is 10.6. The summed E-state index contributed by atoms with van der Waals surface area (Å²) in [5.74, 6) is 0.699. The number of rotatable bonds is 5. The van der Waals surface area contributed by atoms with Crippen molar-refractivity contribution in [1.82, 2.24) is 15.0 Å². The molecule has 52 heavy (non-hydrogen) atoms. The Kier molecular flexibility index (Phi) is 7.02. The van der Waals surface area contributed by atoms with E-state index < -0.39 is 0 Å². The SMILES string of the molecule is CC1(C)c2ccccc2-c2ccc(-c3ccc(-c4cc(-c5ccc6sc7ccccc7c6c5)nc(-c5ccc(-c6cccnc6)cc5)n4)cc3)cc21. The largest absolute Gasteiger partial charge is 0.264 e. The highest BCUT2D eigenvalue weighted by Crippen LogP contribution is 2.49. The zero-order chi connectivity index (χ0) is 34.8. The number of thiophene rings is 1. The van der Waals surface area contributed by atoms with Crippen LogP contribution in [0.3, 0.4) is 0 Å². The predicted molar refractivity (Wildman–Crippen MR) is 217 cm³/mol. The van der Waals surface area contributed by atoms with Crippen LogP contribution in [0, 0.1) is 0 Å². The first-order valence-corrected chi connectivity index (χ1v) is 18.5. The van der Waals surface area contributed by atoms with Crippen LogP contribution < -0.4 is 0 Å². The van der Waals surface area contributed by atoms with Crippen molar-refractivity contribution < 1.29 is 0 Å². The molecule has 3 aromatic heterocycles. The van der Waals surface area contributed by atoms with E-state index in [-0.39, 0.29) is 5.41 Å². The van der Waals surface area contributed by atoms with E-state index in [2.05, 4.69) is 164 Å². The molecule has 246 valence electrons. The van der Waals surface area contributed by atoms with Gasteiger partial charge in [0.15, 0.2) is 5.82 Å². The van der Waals surface area contributed by atoms with E-state index >= 15 is 0 Å². The van der Waals surface area contributed by atoms with Crippen molar-refractivity contribution in [2.24, 2.45) is 0 Å². The van der Waals surface area contributed by atoms with E-state index in [1.165, 1.54) is 53.6 Å². The fraction of sp³-hybridized carbons (Fsp3) is 0.0625. The van der Waals surface area contributed by atoms with Crippen molar-refractivity contribution in [3.63, 3.8) is 0 Å². The van der Waals surface area contributed by atoms with E-state index in [1.807, 2.05) is 23.6 Å². The maximum atomic E-state index is 5.18. The van der Waals surface area contributed by atoms with Crippen molar-refractivity contribution >= 4 is 31.5 Å². The van der Waals surface area contributed by atoms with Crippen molar-refractivity contribution in [2.75, 3.05) is 0 Å². The van der Waals surface area contributed by atoms with Gasteiger partial charge in [-0.15, -0.1) is 11.3 Å². The fourth-order valence-corrected chi connectivity index (χ4v) is 8.91. The van der Waals surface area contributed by atoms with E-state index in [0.717, 1.165) is 39.2 Å². The lowest BCUT2D eigenvalue weighted by Gasteiger charge is -2.22. The molecule has 0 saturated carbocycles. The zero-order valence-corrected chi connectivity index (χ0v) is 29.7. The average molecular weight is 684 g/mol. The van der Waals surface area contributed by atoms with E-state index in [9.17, 15) is 0 Å². The van der Waals surface area contributed by atoms with Crippen LogP contribution in [-0.4, -0.2) is 15.0 Å². The lowest BCUT2D eigenvalue weighted by atomic mass is 9.81. The molecule has 1 aliphatic rings. The molecule has 0 saturated heterocycles. The summed E-state index contributed by atoms with van der Waals surface area (Å²) in [6.07, 6.45) is 3.69. The highest BCUT2D eigenvalue weighted by atomic mass is 32.1. The fourth-order valence-electron chi connectivity index (χ4n) is 7.82. The molecule has 1 aliphatic carbocycles. The summed E-state index contributed by atoms with van der Waals surface area (Å²) in [5, 5.41) is 2.53. The summed E-state index contributed by atoms with van der Waals surface area (Å²) in [7, 11) is 0. The van der Waals surface area contributed by atoms with Crippen LogP contribution in [-0.2, 0) is 5.41 Å². The van der Waals surface area contributed by atoms with Crippen LogP contribution in [0.1, 0.15) is 25.0 Å². The van der Waals surface area contributed by atoms with Gasteiger partial charge in [0, 0.05) is 54.7 Å². The number of pyridine rings is 1. The van der Waals surface area contributed by atoms with Gasteiger partial charge < -0.3 is 0 Å². The first kappa shape index (κ1) is 30.6. The second-order valence-electron chi connectivity index (χ2n) is 14.1. The number of hydrogen-bond acceptors (Lipinski definition) is 4. The van der Waals surface area contributed by atoms with Gasteiger partial charge in [-0.2, -0.15) is 0 Å². The lowest BCUT2D eigenvalue weighted by molar-refractivity contribution is 0.660. The normalized spacial score (nSPS) is 13.0. The van der Waals surface area contributed by atoms with Crippen molar-refractivity contribution in [3.8, 4) is 67.3 Å². The molecule has 10 rings (SSSR count). The second kappa shape index (κ2) is 11.9. The number of nitrogens with zero attached hydrogens (tertiary/aromatic N) is 3. The summed E-state index contributed by atoms with van der Waals surface area (Å²) >= 11 is 1.83. The number of benzene rings is 6. The van der Waals surface area contributed by atoms with Gasteiger partial charge >= 0.3 is 0 Å². The number of hydrogen-bond donors (Lipinski definition) is 0. The summed E-state index contributed by atoms with van der Waals surface area (Å²) in [6, 6.07) is 54.5. The van der Waals surface area contributed by atoms with Crippen molar-refractivity contribution in [1.29, 1.82) is 0 Å². The summed E-state index contributed by atoms with van der Waals surface area (Å²) in [4.78, 5) is 14.7. The molecule has 0 fully saturated rings. The molecule has 9 aromatic rings. The quantitative estimate of drug-likeness (QED) is 0.181. The third kappa shape index (κ3) is 5.06. The Morgan fingerprint density at radius 2 is 1.08 bits per heavy atom. The molecule has 3 heterocycles. The smallest absolute Gasteiger partial charge is 0.160 e. The van der Waals surface area contributed by atoms with Crippen LogP contribution in [0.4, 0.5) is 0 Å². The third-order valence-corrected chi connectivity index (χ3v) is 11.8. The zero-order valence-electron chi connectivity index (χ0n) is 28.8. The molecule has 0 unspecified atom stereocenters. The van der Waals surface area contributed by atoms with Crippen LogP contribution in [0.5, 0.6) is 0 Å². The molecule has 0 aliphatic heterocycles. The average Bonchev–Trinajstić information content (AvgIpc) is 3.69. The van der Waals surface area contributed by atoms with Gasteiger partial charge in [0.1, 0.15) is 0 Å². The minimum absolute atomic E-state index is 0.0376. The maximum Gasteiger partial charge on any atom is 0.160 e. The maximum absolute atomic E-state index is 5.18. The standard InChI is InChI=1S/C48H33N3S/c1-48(2)41-11-5-3-9-37(41)38-23-21-34(27-42(38)48)30-13-17-32(18-14-30)43-28-44(35-22-24-46-40(26-35)39-10-4-6-12-45(39)52-46)51-47(50-43)33-19-15-31(16-20-33)36-8-7-25-49-29-36/h3-29H,1-2H3. The first-order chi connectivity index (χ1) is 25.5. The van der Waals surface area contributed by atoms with Gasteiger partial charge in [-0.1, -0.05) is 129 Å². The molecule has 3 nitrogen and oxygen atoms in total. The lowest BCUT2D eigenvalue weighted by Crippen LogP contribution is -2.14. The van der Waals surface area contributed by atoms with E-state index in [0.29, 0.717) is 5.82 Å². The van der Waals surface area contributed by atoms with Gasteiger partial charge in [-0.25, -0.2) is 9.97 Å². The van der Waals surface area contributed by atoms with Crippen LogP contribution in [0.2, 0.25) is 0 Å². The Labute approximate surface area is 307 Å². The van der Waals surface area contributed by atoms with Gasteiger partial charge in [0.05, 0.1) is 11.4 Å². The summed E-state index contributed by atoms with van der Waals surface area (Å²) < 4.78 is 2.57. The van der Waals surface area contributed by atoms with Crippen LogP contribution >= 0.6 is 11.3 Å². The highest BCUT2D eigenvalue weighted by Gasteiger charge is 2.35. The van der Waals surface area contributed by atoms with E-state index in [4.69, 9.17) is 9.97 Å².